The van der Waals surface area contributed by atoms with Gasteiger partial charge in [0.15, 0.2) is 0 Å². The fraction of sp³-hybridized carbons (Fsp3) is 0.909. The monoisotopic (exact) mass is 310 g/mol. The van der Waals surface area contributed by atoms with E-state index in [1.54, 1.807) is 0 Å². The van der Waals surface area contributed by atoms with Gasteiger partial charge in [0.2, 0.25) is 0 Å². The smallest absolute Gasteiger partial charge is 0.312 e. The Morgan fingerprint density at radius 2 is 2.14 bits per heavy atom. The molecule has 0 unspecified atom stereocenters. The van der Waals surface area contributed by atoms with Crippen LogP contribution >= 0.6 is 22.6 Å². The zero-order chi connectivity index (χ0) is 10.8. The van der Waals surface area contributed by atoms with E-state index >= 15 is 0 Å². The average Bonchev–Trinajstić information content (AvgIpc) is 2.34. The molecule has 2 nitrogen and oxygen atoms in total. The van der Waals surface area contributed by atoms with Gasteiger partial charge in [-0.15, -0.1) is 0 Å². The van der Waals surface area contributed by atoms with Crippen LogP contribution in [0.25, 0.3) is 0 Å². The molecule has 0 radical (unpaired) electrons. The molecule has 0 amide bonds. The van der Waals surface area contributed by atoms with Crippen LogP contribution in [0.4, 0.5) is 0 Å². The van der Waals surface area contributed by atoms with Crippen molar-refractivity contribution >= 4 is 28.6 Å². The molecule has 0 saturated carbocycles. The Hall–Kier alpha value is 0.200. The maximum absolute atomic E-state index is 11.6. The predicted octanol–water partition coefficient (Wildman–Crippen LogP) is 3.18. The number of esters is 1. The van der Waals surface area contributed by atoms with E-state index in [0.29, 0.717) is 5.92 Å². The predicted molar refractivity (Wildman–Crippen MR) is 65.6 cm³/mol. The van der Waals surface area contributed by atoms with Crippen molar-refractivity contribution in [2.75, 3.05) is 4.43 Å². The summed E-state index contributed by atoms with van der Waals surface area (Å²) in [6.07, 6.45) is 3.51. The number of ether oxygens (including phenoxy) is 1. The lowest BCUT2D eigenvalue weighted by Crippen LogP contribution is -2.29. The van der Waals surface area contributed by atoms with Crippen LogP contribution in [0.3, 0.4) is 0 Å². The van der Waals surface area contributed by atoms with Gasteiger partial charge in [-0.3, -0.25) is 4.79 Å². The van der Waals surface area contributed by atoms with Gasteiger partial charge < -0.3 is 4.74 Å². The molecule has 1 saturated heterocycles. The lowest BCUT2D eigenvalue weighted by atomic mass is 9.78. The molecule has 3 heteroatoms. The van der Waals surface area contributed by atoms with E-state index in [1.807, 2.05) is 13.8 Å². The van der Waals surface area contributed by atoms with Gasteiger partial charge in [0, 0.05) is 10.3 Å². The van der Waals surface area contributed by atoms with Crippen molar-refractivity contribution in [2.24, 2.45) is 11.3 Å². The molecule has 1 rings (SSSR count). The number of rotatable bonds is 4. The Morgan fingerprint density at radius 1 is 1.50 bits per heavy atom. The van der Waals surface area contributed by atoms with Crippen LogP contribution in [0.15, 0.2) is 0 Å². The third-order valence-corrected chi connectivity index (χ3v) is 4.12. The first-order valence-corrected chi connectivity index (χ1v) is 6.83. The van der Waals surface area contributed by atoms with Gasteiger partial charge in [0.05, 0.1) is 5.41 Å². The van der Waals surface area contributed by atoms with Crippen molar-refractivity contribution in [1.29, 1.82) is 0 Å². The minimum Gasteiger partial charge on any atom is -0.462 e. The van der Waals surface area contributed by atoms with Crippen molar-refractivity contribution in [2.45, 2.75) is 46.1 Å². The summed E-state index contributed by atoms with van der Waals surface area (Å²) in [6.45, 7) is 6.18. The molecule has 0 aromatic rings. The second kappa shape index (κ2) is 4.81. The SMILES string of the molecule is CCCC[C@H]1OC(=O)C(C)(C)[C@@H]1CI. The van der Waals surface area contributed by atoms with E-state index in [2.05, 4.69) is 29.5 Å². The van der Waals surface area contributed by atoms with Gasteiger partial charge in [-0.1, -0.05) is 42.4 Å². The van der Waals surface area contributed by atoms with Gasteiger partial charge in [-0.25, -0.2) is 0 Å². The number of carbonyl (C=O) groups is 1. The van der Waals surface area contributed by atoms with Crippen LogP contribution in [0.2, 0.25) is 0 Å². The molecular formula is C11H19IO2. The van der Waals surface area contributed by atoms with E-state index < -0.39 is 0 Å². The van der Waals surface area contributed by atoms with E-state index in [0.717, 1.165) is 17.3 Å². The van der Waals surface area contributed by atoms with Crippen molar-refractivity contribution in [3.8, 4) is 0 Å². The third kappa shape index (κ3) is 2.23. The Kier molecular flexibility index (Phi) is 4.22. The standard InChI is InChI=1S/C11H19IO2/c1-4-5-6-9-8(7-12)11(2,3)10(13)14-9/h8-9H,4-7H2,1-3H3/t8-,9-/m1/s1. The number of carbonyl (C=O) groups excluding carboxylic acids is 1. The average molecular weight is 310 g/mol. The number of hydrogen-bond acceptors (Lipinski definition) is 2. The zero-order valence-corrected chi connectivity index (χ0v) is 11.3. The normalized spacial score (nSPS) is 30.4. The number of unbranched alkanes of at least 4 members (excludes halogenated alkanes) is 1. The van der Waals surface area contributed by atoms with E-state index in [4.69, 9.17) is 4.74 Å². The van der Waals surface area contributed by atoms with E-state index in [9.17, 15) is 4.79 Å². The van der Waals surface area contributed by atoms with Crippen LogP contribution in [-0.2, 0) is 9.53 Å². The summed E-state index contributed by atoms with van der Waals surface area (Å²) >= 11 is 2.36. The first-order chi connectivity index (χ1) is 6.54. The minimum absolute atomic E-state index is 0.0136. The molecule has 1 aliphatic heterocycles. The van der Waals surface area contributed by atoms with Crippen molar-refractivity contribution < 1.29 is 9.53 Å². The molecule has 0 aromatic carbocycles. The summed E-state index contributed by atoms with van der Waals surface area (Å²) in [7, 11) is 0. The number of cyclic esters (lactones) is 1. The quantitative estimate of drug-likeness (QED) is 0.453. The Bertz CT molecular complexity index is 213. The lowest BCUT2D eigenvalue weighted by Gasteiger charge is -2.22. The number of alkyl halides is 1. The first-order valence-electron chi connectivity index (χ1n) is 5.31. The minimum atomic E-state index is -0.278. The largest absolute Gasteiger partial charge is 0.462 e. The molecule has 14 heavy (non-hydrogen) atoms. The molecule has 82 valence electrons. The lowest BCUT2D eigenvalue weighted by molar-refractivity contribution is -0.147. The highest BCUT2D eigenvalue weighted by Crippen LogP contribution is 2.41. The summed E-state index contributed by atoms with van der Waals surface area (Å²) in [5.74, 6) is 0.377. The van der Waals surface area contributed by atoms with Gasteiger partial charge in [-0.05, 0) is 20.3 Å². The summed E-state index contributed by atoms with van der Waals surface area (Å²) < 4.78 is 6.44. The second-order valence-corrected chi connectivity index (χ2v) is 5.45. The molecule has 0 bridgehead atoms. The molecule has 1 fully saturated rings. The van der Waals surface area contributed by atoms with Gasteiger partial charge >= 0.3 is 5.97 Å². The highest BCUT2D eigenvalue weighted by molar-refractivity contribution is 14.1. The van der Waals surface area contributed by atoms with Crippen molar-refractivity contribution in [3.63, 3.8) is 0 Å². The third-order valence-electron chi connectivity index (χ3n) is 3.17. The fourth-order valence-corrected chi connectivity index (χ4v) is 3.61. The Labute approximate surface area is 99.9 Å². The topological polar surface area (TPSA) is 26.3 Å². The van der Waals surface area contributed by atoms with Gasteiger partial charge in [0.1, 0.15) is 6.10 Å². The number of hydrogen-bond donors (Lipinski definition) is 0. The van der Waals surface area contributed by atoms with Crippen LogP contribution < -0.4 is 0 Å². The van der Waals surface area contributed by atoms with E-state index in [1.165, 1.54) is 6.42 Å². The molecule has 0 N–H and O–H groups in total. The first kappa shape index (κ1) is 12.3. The molecule has 1 aliphatic rings. The van der Waals surface area contributed by atoms with Crippen LogP contribution in [-0.4, -0.2) is 16.5 Å². The Morgan fingerprint density at radius 3 is 2.64 bits per heavy atom. The zero-order valence-electron chi connectivity index (χ0n) is 9.18. The number of halogens is 1. The molecule has 0 aliphatic carbocycles. The van der Waals surface area contributed by atoms with Gasteiger partial charge in [-0.2, -0.15) is 0 Å². The highest BCUT2D eigenvalue weighted by atomic mass is 127. The van der Waals surface area contributed by atoms with Crippen molar-refractivity contribution in [3.05, 3.63) is 0 Å². The fourth-order valence-electron chi connectivity index (χ4n) is 1.95. The van der Waals surface area contributed by atoms with Crippen LogP contribution in [0.5, 0.6) is 0 Å². The van der Waals surface area contributed by atoms with Crippen LogP contribution in [0.1, 0.15) is 40.0 Å². The van der Waals surface area contributed by atoms with Crippen LogP contribution in [0, 0.1) is 11.3 Å². The molecule has 0 aromatic heterocycles. The Balaban J connectivity index is 2.66. The maximum atomic E-state index is 11.6. The summed E-state index contributed by atoms with van der Waals surface area (Å²) in [5, 5.41) is 0. The highest BCUT2D eigenvalue weighted by Gasteiger charge is 2.49. The maximum Gasteiger partial charge on any atom is 0.312 e. The molecule has 0 spiro atoms. The summed E-state index contributed by atoms with van der Waals surface area (Å²) in [5.41, 5.74) is -0.278. The van der Waals surface area contributed by atoms with Crippen molar-refractivity contribution in [1.82, 2.24) is 0 Å². The molecule has 2 atom stereocenters. The van der Waals surface area contributed by atoms with E-state index in [-0.39, 0.29) is 17.5 Å². The molecule has 1 heterocycles. The summed E-state index contributed by atoms with van der Waals surface area (Å²) in [4.78, 5) is 11.6. The molecular weight excluding hydrogens is 291 g/mol. The van der Waals surface area contributed by atoms with Gasteiger partial charge in [0.25, 0.3) is 0 Å². The summed E-state index contributed by atoms with van der Waals surface area (Å²) in [6, 6.07) is 0. The second-order valence-electron chi connectivity index (χ2n) is 4.57.